The summed E-state index contributed by atoms with van der Waals surface area (Å²) < 4.78 is 26.9. The molecule has 1 fully saturated rings. The van der Waals surface area contributed by atoms with Crippen LogP contribution < -0.4 is 5.73 Å². The lowest BCUT2D eigenvalue weighted by Crippen LogP contribution is -2.28. The Kier molecular flexibility index (Phi) is 5.49. The third-order valence-corrected chi connectivity index (χ3v) is 4.25. The van der Waals surface area contributed by atoms with Gasteiger partial charge in [0, 0.05) is 11.6 Å². The predicted octanol–water partition coefficient (Wildman–Crippen LogP) is 3.48. The van der Waals surface area contributed by atoms with Crippen molar-refractivity contribution in [3.05, 3.63) is 35.4 Å². The Morgan fingerprint density at radius 1 is 1.30 bits per heavy atom. The van der Waals surface area contributed by atoms with Gasteiger partial charge >= 0.3 is 0 Å². The minimum Gasteiger partial charge on any atom is -0.324 e. The smallest absolute Gasteiger partial charge is 0.163 e. The van der Waals surface area contributed by atoms with Crippen molar-refractivity contribution in [2.75, 3.05) is 19.6 Å². The summed E-state index contributed by atoms with van der Waals surface area (Å²) in [6.45, 7) is 5.31. The molecule has 0 bridgehead atoms. The van der Waals surface area contributed by atoms with Crippen molar-refractivity contribution in [1.82, 2.24) is 4.90 Å². The topological polar surface area (TPSA) is 29.3 Å². The van der Waals surface area contributed by atoms with Gasteiger partial charge in [-0.25, -0.2) is 8.78 Å². The van der Waals surface area contributed by atoms with E-state index in [0.717, 1.165) is 31.6 Å². The van der Waals surface area contributed by atoms with Crippen LogP contribution in [0.5, 0.6) is 0 Å². The number of hydrogen-bond acceptors (Lipinski definition) is 2. The molecule has 2 N–H and O–H groups in total. The molecular formula is C16H24F2N2. The number of nitrogens with two attached hydrogens (primary N) is 1. The highest BCUT2D eigenvalue weighted by Crippen LogP contribution is 2.22. The van der Waals surface area contributed by atoms with E-state index >= 15 is 0 Å². The first-order valence-corrected chi connectivity index (χ1v) is 7.49. The van der Waals surface area contributed by atoms with Gasteiger partial charge in [-0.15, -0.1) is 0 Å². The summed E-state index contributed by atoms with van der Waals surface area (Å²) in [7, 11) is 0. The molecule has 2 nitrogen and oxygen atoms in total. The molecular weight excluding hydrogens is 258 g/mol. The zero-order chi connectivity index (χ0) is 14.5. The second-order valence-corrected chi connectivity index (χ2v) is 5.92. The van der Waals surface area contributed by atoms with E-state index < -0.39 is 17.7 Å². The quantitative estimate of drug-likeness (QED) is 0.916. The molecule has 112 valence electrons. The van der Waals surface area contributed by atoms with E-state index in [4.69, 9.17) is 5.73 Å². The van der Waals surface area contributed by atoms with Crippen molar-refractivity contribution < 1.29 is 8.78 Å². The van der Waals surface area contributed by atoms with Crippen molar-refractivity contribution in [2.24, 2.45) is 11.7 Å². The zero-order valence-electron chi connectivity index (χ0n) is 12.1. The number of benzene rings is 1. The fraction of sp³-hybridized carbons (Fsp3) is 0.625. The Hall–Kier alpha value is -1.00. The lowest BCUT2D eigenvalue weighted by atomic mass is 10.0. The van der Waals surface area contributed by atoms with Crippen LogP contribution in [0.1, 0.15) is 44.2 Å². The van der Waals surface area contributed by atoms with Gasteiger partial charge in [0.25, 0.3) is 0 Å². The molecule has 1 aromatic carbocycles. The molecule has 0 saturated carbocycles. The fourth-order valence-electron chi connectivity index (χ4n) is 2.83. The summed E-state index contributed by atoms with van der Waals surface area (Å²) in [5.41, 5.74) is 6.30. The Labute approximate surface area is 120 Å². The van der Waals surface area contributed by atoms with Gasteiger partial charge in [-0.2, -0.15) is 0 Å². The van der Waals surface area contributed by atoms with Crippen LogP contribution in [0.2, 0.25) is 0 Å². The molecule has 1 aliphatic heterocycles. The number of hydrogen-bond donors (Lipinski definition) is 1. The maximum Gasteiger partial charge on any atom is 0.163 e. The van der Waals surface area contributed by atoms with Crippen LogP contribution in [0.25, 0.3) is 0 Å². The first kappa shape index (κ1) is 15.4. The van der Waals surface area contributed by atoms with Crippen LogP contribution >= 0.6 is 0 Å². The van der Waals surface area contributed by atoms with Crippen LogP contribution in [0.3, 0.4) is 0 Å². The number of likely N-dealkylation sites (tertiary alicyclic amines) is 1. The van der Waals surface area contributed by atoms with Crippen molar-refractivity contribution in [3.63, 3.8) is 0 Å². The van der Waals surface area contributed by atoms with E-state index in [1.54, 1.807) is 6.07 Å². The van der Waals surface area contributed by atoms with Crippen molar-refractivity contribution >= 4 is 0 Å². The van der Waals surface area contributed by atoms with Crippen LogP contribution in [0.4, 0.5) is 8.78 Å². The maximum absolute atomic E-state index is 13.7. The monoisotopic (exact) mass is 282 g/mol. The van der Waals surface area contributed by atoms with Crippen molar-refractivity contribution in [2.45, 2.75) is 38.6 Å². The summed E-state index contributed by atoms with van der Waals surface area (Å²) in [6.07, 6.45) is 4.37. The molecule has 0 amide bonds. The minimum absolute atomic E-state index is 0.285. The third-order valence-electron chi connectivity index (χ3n) is 4.25. The van der Waals surface area contributed by atoms with Crippen LogP contribution in [-0.2, 0) is 0 Å². The molecule has 4 heteroatoms. The highest BCUT2D eigenvalue weighted by atomic mass is 19.2. The van der Waals surface area contributed by atoms with Gasteiger partial charge < -0.3 is 10.6 Å². The van der Waals surface area contributed by atoms with Crippen LogP contribution in [0.15, 0.2) is 18.2 Å². The molecule has 1 aromatic rings. The first-order valence-electron chi connectivity index (χ1n) is 7.49. The van der Waals surface area contributed by atoms with Crippen LogP contribution in [-0.4, -0.2) is 24.5 Å². The van der Waals surface area contributed by atoms with Crippen LogP contribution in [0, 0.1) is 17.6 Å². The van der Waals surface area contributed by atoms with E-state index in [0.29, 0.717) is 6.42 Å². The highest BCUT2D eigenvalue weighted by Gasteiger charge is 2.17. The maximum atomic E-state index is 13.7. The Balaban J connectivity index is 1.88. The molecule has 2 rings (SSSR count). The summed E-state index contributed by atoms with van der Waals surface area (Å²) in [5, 5.41) is 0. The van der Waals surface area contributed by atoms with Gasteiger partial charge in [-0.1, -0.05) is 19.1 Å². The van der Waals surface area contributed by atoms with E-state index in [2.05, 4.69) is 11.8 Å². The molecule has 20 heavy (non-hydrogen) atoms. The van der Waals surface area contributed by atoms with Gasteiger partial charge in [-0.05, 0) is 57.3 Å². The number of nitrogens with zero attached hydrogens (tertiary/aromatic N) is 1. The Bertz CT molecular complexity index is 436. The summed E-state index contributed by atoms with van der Waals surface area (Å²) in [5.74, 6) is -0.833. The molecule has 0 aromatic heterocycles. The van der Waals surface area contributed by atoms with Gasteiger partial charge in [-0.3, -0.25) is 0 Å². The lowest BCUT2D eigenvalue weighted by molar-refractivity contribution is 0.269. The summed E-state index contributed by atoms with van der Waals surface area (Å²) in [4.78, 5) is 2.39. The van der Waals surface area contributed by atoms with Crippen molar-refractivity contribution in [3.8, 4) is 0 Å². The van der Waals surface area contributed by atoms with E-state index in [1.165, 1.54) is 25.3 Å². The Morgan fingerprint density at radius 2 is 2.10 bits per heavy atom. The molecule has 2 atom stereocenters. The zero-order valence-corrected chi connectivity index (χ0v) is 12.1. The Morgan fingerprint density at radius 3 is 2.90 bits per heavy atom. The molecule has 0 spiro atoms. The van der Waals surface area contributed by atoms with Gasteiger partial charge in [0.15, 0.2) is 11.6 Å². The summed E-state index contributed by atoms with van der Waals surface area (Å²) >= 11 is 0. The summed E-state index contributed by atoms with van der Waals surface area (Å²) in [6, 6.07) is 3.78. The second kappa shape index (κ2) is 7.14. The van der Waals surface area contributed by atoms with E-state index in [-0.39, 0.29) is 5.56 Å². The number of halogens is 2. The SMILES string of the molecule is CC1CCCN(CCC(N)c2cccc(F)c2F)CC1. The highest BCUT2D eigenvalue weighted by molar-refractivity contribution is 5.22. The van der Waals surface area contributed by atoms with Gasteiger partial charge in [0.2, 0.25) is 0 Å². The molecule has 1 aliphatic rings. The fourth-order valence-corrected chi connectivity index (χ4v) is 2.83. The molecule has 1 saturated heterocycles. The van der Waals surface area contributed by atoms with E-state index in [1.807, 2.05) is 0 Å². The second-order valence-electron chi connectivity index (χ2n) is 5.92. The third kappa shape index (κ3) is 4.00. The first-order chi connectivity index (χ1) is 9.58. The number of rotatable bonds is 4. The molecule has 1 heterocycles. The largest absolute Gasteiger partial charge is 0.324 e. The van der Waals surface area contributed by atoms with E-state index in [9.17, 15) is 8.78 Å². The predicted molar refractivity (Wildman–Crippen MR) is 77.4 cm³/mol. The standard InChI is InChI=1S/C16H24F2N2/c1-12-4-3-9-20(10-7-12)11-8-15(19)13-5-2-6-14(17)16(13)18/h2,5-6,12,15H,3-4,7-11,19H2,1H3. The average Bonchev–Trinajstić information content (AvgIpc) is 2.64. The van der Waals surface area contributed by atoms with Gasteiger partial charge in [0.1, 0.15) is 0 Å². The molecule has 0 radical (unpaired) electrons. The lowest BCUT2D eigenvalue weighted by Gasteiger charge is -2.22. The average molecular weight is 282 g/mol. The van der Waals surface area contributed by atoms with Gasteiger partial charge in [0.05, 0.1) is 0 Å². The normalized spacial score (nSPS) is 22.5. The minimum atomic E-state index is -0.818. The van der Waals surface area contributed by atoms with Crippen molar-refractivity contribution in [1.29, 1.82) is 0 Å². The molecule has 2 unspecified atom stereocenters. The molecule has 0 aliphatic carbocycles.